The lowest BCUT2D eigenvalue weighted by molar-refractivity contribution is -0.141. The highest BCUT2D eigenvalue weighted by molar-refractivity contribution is 6.03. The van der Waals surface area contributed by atoms with E-state index in [0.717, 1.165) is 80.3 Å². The highest BCUT2D eigenvalue weighted by Crippen LogP contribution is 2.39. The Hall–Kier alpha value is -5.54. The number of carbonyl (C=O) groups excluding carboxylic acids is 3. The van der Waals surface area contributed by atoms with Gasteiger partial charge in [0.2, 0.25) is 11.8 Å². The number of rotatable bonds is 7. The normalized spacial score (nSPS) is 21.5. The van der Waals surface area contributed by atoms with Gasteiger partial charge in [-0.2, -0.15) is 18.3 Å². The zero-order chi connectivity index (χ0) is 37.7. The number of aromatic nitrogens is 6. The highest BCUT2D eigenvalue weighted by atomic mass is 19.4. The fourth-order valence-corrected chi connectivity index (χ4v) is 8.53. The van der Waals surface area contributed by atoms with Crippen molar-refractivity contribution in [1.29, 1.82) is 0 Å². The molecule has 4 aromatic heterocycles. The first-order valence-corrected chi connectivity index (χ1v) is 18.4. The second kappa shape index (κ2) is 14.0. The molecule has 2 N–H and O–H groups in total. The molecule has 13 nitrogen and oxygen atoms in total. The third-order valence-corrected chi connectivity index (χ3v) is 11.3. The maximum atomic E-state index is 13.4. The molecule has 0 spiro atoms. The van der Waals surface area contributed by atoms with Crippen LogP contribution in [0.2, 0.25) is 0 Å². The fraction of sp³-hybridized carbons (Fsp3) is 0.447. The Labute approximate surface area is 307 Å². The van der Waals surface area contributed by atoms with E-state index in [0.29, 0.717) is 29.3 Å². The monoisotopic (exact) mass is 743 g/mol. The summed E-state index contributed by atoms with van der Waals surface area (Å²) in [5, 5.41) is 10.4. The topological polar surface area (TPSA) is 149 Å². The zero-order valence-electron chi connectivity index (χ0n) is 29.7. The second-order valence-electron chi connectivity index (χ2n) is 14.8. The van der Waals surface area contributed by atoms with Crippen molar-refractivity contribution in [2.75, 3.05) is 23.3 Å². The molecule has 6 heterocycles. The molecular formula is C38H40F3N9O4. The van der Waals surface area contributed by atoms with Crippen molar-refractivity contribution in [3.8, 4) is 0 Å². The molecule has 1 atom stereocenters. The third kappa shape index (κ3) is 6.84. The van der Waals surface area contributed by atoms with Gasteiger partial charge in [-0.25, -0.2) is 14.8 Å². The number of hydrogen-bond donors (Lipinski definition) is 2. The Morgan fingerprint density at radius 2 is 1.70 bits per heavy atom. The number of nitrogens with one attached hydrogen (secondary N) is 2. The van der Waals surface area contributed by atoms with Gasteiger partial charge in [-0.3, -0.25) is 33.5 Å². The Kier molecular flexibility index (Phi) is 9.22. The number of amides is 3. The van der Waals surface area contributed by atoms with Crippen LogP contribution in [0.15, 0.2) is 59.7 Å². The first kappa shape index (κ1) is 35.5. The van der Waals surface area contributed by atoms with E-state index in [1.165, 1.54) is 17.1 Å². The van der Waals surface area contributed by atoms with Crippen LogP contribution in [-0.4, -0.2) is 59.7 Å². The number of benzene rings is 1. The quantitative estimate of drug-likeness (QED) is 0.200. The molecule has 3 amide bonds. The molecule has 3 fully saturated rings. The Balaban J connectivity index is 0.857. The number of imidazole rings is 1. The van der Waals surface area contributed by atoms with Crippen LogP contribution >= 0.6 is 0 Å². The summed E-state index contributed by atoms with van der Waals surface area (Å²) < 4.78 is 44.3. The zero-order valence-corrected chi connectivity index (χ0v) is 29.7. The van der Waals surface area contributed by atoms with Crippen molar-refractivity contribution >= 4 is 51.2 Å². The van der Waals surface area contributed by atoms with Crippen LogP contribution in [0.1, 0.15) is 86.1 Å². The van der Waals surface area contributed by atoms with Gasteiger partial charge in [0.15, 0.2) is 0 Å². The first-order valence-electron chi connectivity index (χ1n) is 18.4. The largest absolute Gasteiger partial charge is 0.433 e. The van der Waals surface area contributed by atoms with Crippen molar-refractivity contribution in [1.82, 2.24) is 34.2 Å². The summed E-state index contributed by atoms with van der Waals surface area (Å²) in [6.07, 6.45) is 6.80. The summed E-state index contributed by atoms with van der Waals surface area (Å²) in [5.41, 5.74) is 1.41. The fourth-order valence-electron chi connectivity index (χ4n) is 8.53. The molecule has 282 valence electrons. The number of halogens is 3. The second-order valence-corrected chi connectivity index (χ2v) is 14.8. The molecule has 3 aliphatic rings. The van der Waals surface area contributed by atoms with Crippen molar-refractivity contribution in [3.05, 3.63) is 76.7 Å². The molecule has 54 heavy (non-hydrogen) atoms. The number of pyridine rings is 2. The van der Waals surface area contributed by atoms with E-state index in [-0.39, 0.29) is 35.6 Å². The Morgan fingerprint density at radius 1 is 0.963 bits per heavy atom. The summed E-state index contributed by atoms with van der Waals surface area (Å²) in [6, 6.07) is 10.2. The van der Waals surface area contributed by atoms with Crippen LogP contribution in [-0.2, 0) is 22.8 Å². The summed E-state index contributed by atoms with van der Waals surface area (Å²) in [7, 11) is 1.74. The first-order chi connectivity index (χ1) is 25.9. The van der Waals surface area contributed by atoms with Crippen molar-refractivity contribution in [2.24, 2.45) is 18.9 Å². The number of fused-ring (bicyclic) bond motifs is 2. The molecule has 5 aromatic rings. The number of para-hydroxylation sites is 1. The smallest absolute Gasteiger partial charge is 0.370 e. The number of nitrogens with zero attached hydrogens (tertiary/aromatic N) is 7. The van der Waals surface area contributed by atoms with Gasteiger partial charge in [-0.15, -0.1) is 0 Å². The molecule has 2 saturated heterocycles. The molecule has 0 radical (unpaired) electrons. The summed E-state index contributed by atoms with van der Waals surface area (Å²) in [4.78, 5) is 60.5. The number of carbonyl (C=O) groups is 3. The standard InChI is InChI=1S/C38H40F3N9O4/c1-47-34-28(5-3-6-29(34)50(37(47)54)30-12-13-33(51)45-36(30)53)48-16-14-23(15-17-48)18-22-8-10-25(11-9-22)49-21-24-19-32(42-20-27(24)46-49)44-35(52)26-4-2-7-31(43-26)38(39,40)41/h2-7,19-23,25,30H,8-18H2,1H3,(H,44,52)(H,45,51,53). The number of imide groups is 1. The number of alkyl halides is 3. The van der Waals surface area contributed by atoms with E-state index in [9.17, 15) is 32.3 Å². The van der Waals surface area contributed by atoms with Gasteiger partial charge in [0.25, 0.3) is 5.91 Å². The summed E-state index contributed by atoms with van der Waals surface area (Å²) >= 11 is 0. The van der Waals surface area contributed by atoms with Gasteiger partial charge in [-0.1, -0.05) is 12.1 Å². The van der Waals surface area contributed by atoms with Gasteiger partial charge >= 0.3 is 11.9 Å². The van der Waals surface area contributed by atoms with Crippen LogP contribution in [0.3, 0.4) is 0 Å². The van der Waals surface area contributed by atoms with Crippen LogP contribution in [0.5, 0.6) is 0 Å². The van der Waals surface area contributed by atoms with E-state index < -0.39 is 29.7 Å². The van der Waals surface area contributed by atoms with E-state index in [1.807, 2.05) is 29.1 Å². The van der Waals surface area contributed by atoms with Crippen LogP contribution in [0.25, 0.3) is 21.9 Å². The minimum Gasteiger partial charge on any atom is -0.370 e. The van der Waals surface area contributed by atoms with E-state index in [2.05, 4.69) is 25.5 Å². The summed E-state index contributed by atoms with van der Waals surface area (Å²) in [6.45, 7) is 1.76. The number of anilines is 2. The lowest BCUT2D eigenvalue weighted by Gasteiger charge is -2.37. The van der Waals surface area contributed by atoms with Gasteiger partial charge in [0.1, 0.15) is 28.8 Å². The van der Waals surface area contributed by atoms with Crippen LogP contribution < -0.4 is 21.2 Å². The maximum absolute atomic E-state index is 13.4. The van der Waals surface area contributed by atoms with Crippen molar-refractivity contribution in [3.63, 3.8) is 0 Å². The minimum absolute atomic E-state index is 0.201. The highest BCUT2D eigenvalue weighted by Gasteiger charge is 2.34. The lowest BCUT2D eigenvalue weighted by atomic mass is 9.78. The molecule has 1 aliphatic carbocycles. The molecular weight excluding hydrogens is 703 g/mol. The molecule has 0 bridgehead atoms. The van der Waals surface area contributed by atoms with Gasteiger partial charge in [0.05, 0.1) is 29.0 Å². The van der Waals surface area contributed by atoms with Gasteiger partial charge < -0.3 is 10.2 Å². The molecule has 1 unspecified atom stereocenters. The minimum atomic E-state index is -4.65. The third-order valence-electron chi connectivity index (χ3n) is 11.3. The van der Waals surface area contributed by atoms with Crippen molar-refractivity contribution in [2.45, 2.75) is 76.0 Å². The molecule has 2 aliphatic heterocycles. The number of aryl methyl sites for hydroxylation is 1. The maximum Gasteiger partial charge on any atom is 0.433 e. The molecule has 1 aromatic carbocycles. The van der Waals surface area contributed by atoms with E-state index in [4.69, 9.17) is 5.10 Å². The van der Waals surface area contributed by atoms with Crippen molar-refractivity contribution < 1.29 is 27.6 Å². The Bertz CT molecular complexity index is 2310. The Morgan fingerprint density at radius 3 is 2.44 bits per heavy atom. The van der Waals surface area contributed by atoms with Gasteiger partial charge in [-0.05, 0) is 93.5 Å². The van der Waals surface area contributed by atoms with Crippen LogP contribution in [0.4, 0.5) is 24.7 Å². The SMILES string of the molecule is Cn1c(=O)n(C2CCC(=O)NC2=O)c2cccc(N3CCC(CC4CCC(n5cc6cc(NC(=O)c7cccc(C(F)(F)F)n7)ncc6n5)CC4)CC3)c21. The number of hydrogen-bond acceptors (Lipinski definition) is 8. The molecule has 16 heteroatoms. The van der Waals surface area contributed by atoms with E-state index in [1.54, 1.807) is 23.9 Å². The predicted molar refractivity (Wildman–Crippen MR) is 194 cm³/mol. The van der Waals surface area contributed by atoms with Gasteiger partial charge in [0, 0.05) is 38.1 Å². The van der Waals surface area contributed by atoms with E-state index >= 15 is 0 Å². The predicted octanol–water partition coefficient (Wildman–Crippen LogP) is 5.77. The molecule has 1 saturated carbocycles. The molecule has 8 rings (SSSR count). The summed E-state index contributed by atoms with van der Waals surface area (Å²) in [5.74, 6) is -0.0945. The lowest BCUT2D eigenvalue weighted by Crippen LogP contribution is -2.44. The van der Waals surface area contributed by atoms with Crippen LogP contribution in [0, 0.1) is 11.8 Å². The average molecular weight is 744 g/mol. The number of piperidine rings is 2. The average Bonchev–Trinajstić information content (AvgIpc) is 3.70.